The van der Waals surface area contributed by atoms with Gasteiger partial charge in [0.05, 0.1) is 6.61 Å². The van der Waals surface area contributed by atoms with E-state index < -0.39 is 0 Å². The van der Waals surface area contributed by atoms with Gasteiger partial charge in [0.25, 0.3) is 0 Å². The van der Waals surface area contributed by atoms with Crippen molar-refractivity contribution in [3.63, 3.8) is 0 Å². The van der Waals surface area contributed by atoms with Gasteiger partial charge in [-0.25, -0.2) is 0 Å². The molecule has 0 fully saturated rings. The van der Waals surface area contributed by atoms with Crippen molar-refractivity contribution in [3.8, 4) is 0 Å². The number of benzene rings is 1. The Morgan fingerprint density at radius 1 is 1.41 bits per heavy atom. The van der Waals surface area contributed by atoms with Crippen LogP contribution in [0, 0.1) is 6.92 Å². The van der Waals surface area contributed by atoms with Crippen LogP contribution in [0.1, 0.15) is 24.7 Å². The van der Waals surface area contributed by atoms with E-state index in [9.17, 15) is 4.79 Å². The van der Waals surface area contributed by atoms with Crippen LogP contribution in [0.2, 0.25) is 0 Å². The fraction of sp³-hybridized carbons (Fsp3) is 0.375. The van der Waals surface area contributed by atoms with Crippen molar-refractivity contribution in [1.29, 1.82) is 0 Å². The Balaban J connectivity index is 2.01. The van der Waals surface area contributed by atoms with E-state index in [0.29, 0.717) is 24.6 Å². The average Bonchev–Trinajstić information content (AvgIpc) is 2.90. The zero-order valence-corrected chi connectivity index (χ0v) is 13.1. The van der Waals surface area contributed by atoms with E-state index in [4.69, 9.17) is 9.26 Å². The molecule has 1 heterocycles. The fourth-order valence-corrected chi connectivity index (χ4v) is 2.11. The molecule has 1 aromatic heterocycles. The second-order valence-electron chi connectivity index (χ2n) is 5.05. The summed E-state index contributed by atoms with van der Waals surface area (Å²) >= 11 is 0. The number of carbonyl (C=O) groups is 1. The second kappa shape index (κ2) is 7.61. The third-order valence-corrected chi connectivity index (χ3v) is 3.18. The van der Waals surface area contributed by atoms with Gasteiger partial charge < -0.3 is 19.9 Å². The summed E-state index contributed by atoms with van der Waals surface area (Å²) in [5, 5.41) is 9.74. The van der Waals surface area contributed by atoms with Gasteiger partial charge in [0.2, 0.25) is 5.91 Å². The Hall–Kier alpha value is -2.34. The van der Waals surface area contributed by atoms with Crippen LogP contribution >= 0.6 is 0 Å². The summed E-state index contributed by atoms with van der Waals surface area (Å²) < 4.78 is 10.1. The Labute approximate surface area is 129 Å². The third kappa shape index (κ3) is 4.33. The van der Waals surface area contributed by atoms with Crippen LogP contribution in [-0.2, 0) is 16.1 Å². The van der Waals surface area contributed by atoms with Gasteiger partial charge in [-0.15, -0.1) is 0 Å². The van der Waals surface area contributed by atoms with Crippen molar-refractivity contribution in [3.05, 3.63) is 41.7 Å². The Morgan fingerprint density at radius 2 is 2.23 bits per heavy atom. The van der Waals surface area contributed by atoms with Crippen LogP contribution in [-0.4, -0.2) is 24.2 Å². The summed E-state index contributed by atoms with van der Waals surface area (Å²) in [7, 11) is 1.66. The molecule has 0 radical (unpaired) electrons. The van der Waals surface area contributed by atoms with Gasteiger partial charge in [-0.1, -0.05) is 24.2 Å². The van der Waals surface area contributed by atoms with E-state index in [2.05, 4.69) is 15.8 Å². The molecule has 0 aliphatic rings. The van der Waals surface area contributed by atoms with Crippen molar-refractivity contribution in [1.82, 2.24) is 5.16 Å². The van der Waals surface area contributed by atoms with Crippen LogP contribution in [0.5, 0.6) is 0 Å². The molecule has 1 atom stereocenters. The molecule has 0 unspecified atom stereocenters. The summed E-state index contributed by atoms with van der Waals surface area (Å²) in [6, 6.07) is 9.14. The predicted octanol–water partition coefficient (Wildman–Crippen LogP) is 2.96. The third-order valence-electron chi connectivity index (χ3n) is 3.18. The van der Waals surface area contributed by atoms with E-state index in [1.54, 1.807) is 20.1 Å². The van der Waals surface area contributed by atoms with E-state index in [1.807, 2.05) is 31.2 Å². The van der Waals surface area contributed by atoms with Crippen LogP contribution < -0.4 is 10.6 Å². The zero-order valence-electron chi connectivity index (χ0n) is 13.1. The standard InChI is InChI=1S/C16H21N3O3/c1-4-14(16(20)18-15-8-11(2)22-19-15)17-13-7-5-6-12(9-13)10-21-3/h5-9,14,17H,4,10H2,1-3H3,(H,18,19,20)/t14-/m1/s1. The largest absolute Gasteiger partial charge is 0.380 e. The lowest BCUT2D eigenvalue weighted by Crippen LogP contribution is -2.34. The number of anilines is 2. The maximum atomic E-state index is 12.3. The van der Waals surface area contributed by atoms with Crippen LogP contribution in [0.15, 0.2) is 34.9 Å². The number of methoxy groups -OCH3 is 1. The molecule has 0 aliphatic heterocycles. The molecule has 6 nitrogen and oxygen atoms in total. The lowest BCUT2D eigenvalue weighted by molar-refractivity contribution is -0.117. The van der Waals surface area contributed by atoms with Crippen molar-refractivity contribution < 1.29 is 14.1 Å². The SMILES string of the molecule is CC[C@@H](Nc1cccc(COC)c1)C(=O)Nc1cc(C)on1. The summed E-state index contributed by atoms with van der Waals surface area (Å²) in [6.45, 7) is 4.26. The highest BCUT2D eigenvalue weighted by Crippen LogP contribution is 2.15. The molecular weight excluding hydrogens is 282 g/mol. The van der Waals surface area contributed by atoms with Gasteiger partial charge >= 0.3 is 0 Å². The summed E-state index contributed by atoms with van der Waals surface area (Å²) in [4.78, 5) is 12.3. The fourth-order valence-electron chi connectivity index (χ4n) is 2.11. The molecule has 0 aliphatic carbocycles. The smallest absolute Gasteiger partial charge is 0.248 e. The lowest BCUT2D eigenvalue weighted by Gasteiger charge is -2.17. The number of hydrogen-bond donors (Lipinski definition) is 2. The number of amides is 1. The number of aryl methyl sites for hydroxylation is 1. The molecule has 118 valence electrons. The van der Waals surface area contributed by atoms with Gasteiger partial charge in [-0.2, -0.15) is 0 Å². The van der Waals surface area contributed by atoms with Gasteiger partial charge in [-0.05, 0) is 31.0 Å². The number of hydrogen-bond acceptors (Lipinski definition) is 5. The second-order valence-corrected chi connectivity index (χ2v) is 5.05. The minimum absolute atomic E-state index is 0.145. The highest BCUT2D eigenvalue weighted by Gasteiger charge is 2.17. The topological polar surface area (TPSA) is 76.4 Å². The quantitative estimate of drug-likeness (QED) is 0.822. The first-order valence-corrected chi connectivity index (χ1v) is 7.21. The lowest BCUT2D eigenvalue weighted by atomic mass is 10.1. The molecule has 22 heavy (non-hydrogen) atoms. The molecule has 1 amide bonds. The van der Waals surface area contributed by atoms with Gasteiger partial charge in [-0.3, -0.25) is 4.79 Å². The van der Waals surface area contributed by atoms with E-state index >= 15 is 0 Å². The number of nitrogens with zero attached hydrogens (tertiary/aromatic N) is 1. The molecule has 2 aromatic rings. The molecule has 0 spiro atoms. The Morgan fingerprint density at radius 3 is 2.86 bits per heavy atom. The van der Waals surface area contributed by atoms with Crippen molar-refractivity contribution >= 4 is 17.4 Å². The van der Waals surface area contributed by atoms with Gasteiger partial charge in [0, 0.05) is 18.9 Å². The van der Waals surface area contributed by atoms with E-state index in [-0.39, 0.29) is 11.9 Å². The number of ether oxygens (including phenoxy) is 1. The van der Waals surface area contributed by atoms with Crippen LogP contribution in [0.4, 0.5) is 11.5 Å². The number of nitrogens with one attached hydrogen (secondary N) is 2. The van der Waals surface area contributed by atoms with Gasteiger partial charge in [0.15, 0.2) is 5.82 Å². The molecular formula is C16H21N3O3. The van der Waals surface area contributed by atoms with Gasteiger partial charge in [0.1, 0.15) is 11.8 Å². The average molecular weight is 303 g/mol. The Bertz CT molecular complexity index is 625. The molecule has 6 heteroatoms. The van der Waals surface area contributed by atoms with Crippen molar-refractivity contribution in [2.75, 3.05) is 17.7 Å². The Kier molecular flexibility index (Phi) is 5.55. The summed E-state index contributed by atoms with van der Waals surface area (Å²) in [5.41, 5.74) is 1.93. The van der Waals surface area contributed by atoms with E-state index in [1.165, 1.54) is 0 Å². The molecule has 2 rings (SSSR count). The molecule has 0 saturated heterocycles. The van der Waals surface area contributed by atoms with Crippen molar-refractivity contribution in [2.45, 2.75) is 32.9 Å². The normalized spacial score (nSPS) is 12.0. The molecule has 0 saturated carbocycles. The van der Waals surface area contributed by atoms with Crippen molar-refractivity contribution in [2.24, 2.45) is 0 Å². The first-order valence-electron chi connectivity index (χ1n) is 7.21. The highest BCUT2D eigenvalue weighted by molar-refractivity contribution is 5.95. The maximum Gasteiger partial charge on any atom is 0.248 e. The number of aromatic nitrogens is 1. The monoisotopic (exact) mass is 303 g/mol. The minimum Gasteiger partial charge on any atom is -0.380 e. The first kappa shape index (κ1) is 16.0. The summed E-state index contributed by atoms with van der Waals surface area (Å²) in [6.07, 6.45) is 0.650. The first-order chi connectivity index (χ1) is 10.6. The highest BCUT2D eigenvalue weighted by atomic mass is 16.5. The molecule has 0 bridgehead atoms. The molecule has 1 aromatic carbocycles. The molecule has 2 N–H and O–H groups in total. The predicted molar refractivity (Wildman–Crippen MR) is 84.7 cm³/mol. The number of rotatable bonds is 7. The zero-order chi connectivity index (χ0) is 15.9. The van der Waals surface area contributed by atoms with Crippen LogP contribution in [0.25, 0.3) is 0 Å². The van der Waals surface area contributed by atoms with Crippen LogP contribution in [0.3, 0.4) is 0 Å². The number of carbonyl (C=O) groups excluding carboxylic acids is 1. The minimum atomic E-state index is -0.352. The van der Waals surface area contributed by atoms with E-state index in [0.717, 1.165) is 11.3 Å². The summed E-state index contributed by atoms with van der Waals surface area (Å²) in [5.74, 6) is 0.937. The maximum absolute atomic E-state index is 12.3.